The highest BCUT2D eigenvalue weighted by Gasteiger charge is 2.09. The van der Waals surface area contributed by atoms with Crippen molar-refractivity contribution < 1.29 is 4.79 Å². The predicted octanol–water partition coefficient (Wildman–Crippen LogP) is 2.87. The van der Waals surface area contributed by atoms with Gasteiger partial charge in [0, 0.05) is 11.1 Å². The zero-order valence-electron chi connectivity index (χ0n) is 9.55. The molecule has 2 heterocycles. The van der Waals surface area contributed by atoms with E-state index in [2.05, 4.69) is 15.5 Å². The number of hydrazone groups is 1. The Morgan fingerprint density at radius 3 is 3.06 bits per heavy atom. The van der Waals surface area contributed by atoms with Crippen LogP contribution in [0.3, 0.4) is 0 Å². The van der Waals surface area contributed by atoms with Gasteiger partial charge < -0.3 is 0 Å². The fourth-order valence-corrected chi connectivity index (χ4v) is 2.27. The van der Waals surface area contributed by atoms with Gasteiger partial charge in [-0.05, 0) is 36.1 Å². The number of aromatic nitrogens is 1. The van der Waals surface area contributed by atoms with E-state index in [0.717, 1.165) is 10.4 Å². The molecule has 0 fully saturated rings. The monoisotopic (exact) mass is 279 g/mol. The van der Waals surface area contributed by atoms with Gasteiger partial charge in [0.2, 0.25) is 0 Å². The van der Waals surface area contributed by atoms with E-state index in [-0.39, 0.29) is 11.1 Å². The molecule has 2 rings (SSSR count). The Morgan fingerprint density at radius 1 is 1.56 bits per heavy atom. The average Bonchev–Trinajstić information content (AvgIpc) is 2.75. The van der Waals surface area contributed by atoms with E-state index in [4.69, 9.17) is 11.6 Å². The minimum atomic E-state index is -0.376. The standard InChI is InChI=1S/C12H10ClN3OS/c1-8-4-6-18-10(8)7-15-16-12(17)9-3-2-5-14-11(9)13/h2-7H,1H3,(H,16,17). The third kappa shape index (κ3) is 2.94. The molecule has 2 aromatic heterocycles. The van der Waals surface area contributed by atoms with Crippen LogP contribution in [0.1, 0.15) is 20.8 Å². The zero-order valence-corrected chi connectivity index (χ0v) is 11.1. The molecular weight excluding hydrogens is 270 g/mol. The smallest absolute Gasteiger partial charge is 0.267 e. The number of carbonyl (C=O) groups is 1. The Hall–Kier alpha value is -1.72. The fourth-order valence-electron chi connectivity index (χ4n) is 1.28. The number of halogens is 1. The van der Waals surface area contributed by atoms with Crippen molar-refractivity contribution in [1.82, 2.24) is 10.4 Å². The van der Waals surface area contributed by atoms with E-state index < -0.39 is 0 Å². The number of hydrogen-bond acceptors (Lipinski definition) is 4. The van der Waals surface area contributed by atoms with E-state index in [1.54, 1.807) is 29.7 Å². The van der Waals surface area contributed by atoms with Crippen molar-refractivity contribution in [3.8, 4) is 0 Å². The van der Waals surface area contributed by atoms with E-state index >= 15 is 0 Å². The third-order valence-corrected chi connectivity index (χ3v) is 3.51. The Morgan fingerprint density at radius 2 is 2.39 bits per heavy atom. The molecule has 0 saturated carbocycles. The van der Waals surface area contributed by atoms with Gasteiger partial charge >= 0.3 is 0 Å². The molecule has 0 aromatic carbocycles. The number of pyridine rings is 1. The summed E-state index contributed by atoms with van der Waals surface area (Å²) < 4.78 is 0. The number of nitrogens with one attached hydrogen (secondary N) is 1. The largest absolute Gasteiger partial charge is 0.274 e. The molecule has 0 aliphatic rings. The van der Waals surface area contributed by atoms with Crippen molar-refractivity contribution in [2.75, 3.05) is 0 Å². The summed E-state index contributed by atoms with van der Waals surface area (Å²) in [7, 11) is 0. The summed E-state index contributed by atoms with van der Waals surface area (Å²) in [6, 6.07) is 5.23. The molecule has 0 radical (unpaired) electrons. The molecule has 0 bridgehead atoms. The second kappa shape index (κ2) is 5.75. The van der Waals surface area contributed by atoms with Crippen LogP contribution in [0.2, 0.25) is 5.15 Å². The van der Waals surface area contributed by atoms with Crippen molar-refractivity contribution in [2.24, 2.45) is 5.10 Å². The number of rotatable bonds is 3. The first kappa shape index (κ1) is 12.7. The molecule has 6 heteroatoms. The van der Waals surface area contributed by atoms with E-state index in [1.807, 2.05) is 18.4 Å². The molecule has 0 unspecified atom stereocenters. The lowest BCUT2D eigenvalue weighted by Crippen LogP contribution is -2.18. The third-order valence-electron chi connectivity index (χ3n) is 2.25. The molecule has 0 spiro atoms. The zero-order chi connectivity index (χ0) is 13.0. The SMILES string of the molecule is Cc1ccsc1C=NNC(=O)c1cccnc1Cl. The number of hydrogen-bond donors (Lipinski definition) is 1. The van der Waals surface area contributed by atoms with Crippen molar-refractivity contribution in [3.63, 3.8) is 0 Å². The maximum absolute atomic E-state index is 11.7. The maximum Gasteiger partial charge on any atom is 0.274 e. The summed E-state index contributed by atoms with van der Waals surface area (Å²) in [6.45, 7) is 1.98. The molecule has 0 saturated heterocycles. The average molecular weight is 280 g/mol. The molecule has 0 aliphatic heterocycles. The number of aryl methyl sites for hydroxylation is 1. The summed E-state index contributed by atoms with van der Waals surface area (Å²) in [6.07, 6.45) is 3.14. The summed E-state index contributed by atoms with van der Waals surface area (Å²) in [5.74, 6) is -0.376. The topological polar surface area (TPSA) is 54.4 Å². The van der Waals surface area contributed by atoms with E-state index in [1.165, 1.54) is 6.20 Å². The van der Waals surface area contributed by atoms with Crippen LogP contribution in [0.4, 0.5) is 0 Å². The lowest BCUT2D eigenvalue weighted by atomic mass is 10.3. The quantitative estimate of drug-likeness (QED) is 0.534. The molecule has 0 aliphatic carbocycles. The van der Waals surface area contributed by atoms with Gasteiger partial charge in [0.15, 0.2) is 0 Å². The summed E-state index contributed by atoms with van der Waals surface area (Å²) in [5, 5.41) is 6.02. The second-order valence-corrected chi connectivity index (χ2v) is 4.81. The summed E-state index contributed by atoms with van der Waals surface area (Å²) in [5.41, 5.74) is 3.85. The minimum Gasteiger partial charge on any atom is -0.267 e. The van der Waals surface area contributed by atoms with Crippen molar-refractivity contribution in [1.29, 1.82) is 0 Å². The number of nitrogens with zero attached hydrogens (tertiary/aromatic N) is 2. The highest BCUT2D eigenvalue weighted by Crippen LogP contribution is 2.13. The normalized spacial score (nSPS) is 10.8. The first-order chi connectivity index (χ1) is 8.68. The second-order valence-electron chi connectivity index (χ2n) is 3.51. The molecule has 2 aromatic rings. The number of amides is 1. The first-order valence-electron chi connectivity index (χ1n) is 5.16. The highest BCUT2D eigenvalue weighted by atomic mass is 35.5. The molecule has 1 N–H and O–H groups in total. The molecule has 4 nitrogen and oxygen atoms in total. The predicted molar refractivity (Wildman–Crippen MR) is 73.4 cm³/mol. The summed E-state index contributed by atoms with van der Waals surface area (Å²) >= 11 is 7.36. The molecule has 0 atom stereocenters. The molecule has 1 amide bonds. The van der Waals surface area contributed by atoms with Crippen LogP contribution in [0.25, 0.3) is 0 Å². The van der Waals surface area contributed by atoms with Gasteiger partial charge in [-0.25, -0.2) is 10.4 Å². The first-order valence-corrected chi connectivity index (χ1v) is 6.42. The van der Waals surface area contributed by atoms with Crippen LogP contribution >= 0.6 is 22.9 Å². The lowest BCUT2D eigenvalue weighted by molar-refractivity contribution is 0.0955. The van der Waals surface area contributed by atoms with Gasteiger partial charge in [-0.2, -0.15) is 5.10 Å². The molecule has 92 valence electrons. The Kier molecular flexibility index (Phi) is 4.07. The van der Waals surface area contributed by atoms with Crippen LogP contribution in [0, 0.1) is 6.92 Å². The van der Waals surface area contributed by atoms with Crippen LogP contribution in [0.5, 0.6) is 0 Å². The van der Waals surface area contributed by atoms with Crippen LogP contribution in [-0.4, -0.2) is 17.1 Å². The Bertz CT molecular complexity index is 595. The van der Waals surface area contributed by atoms with Crippen molar-refractivity contribution in [2.45, 2.75) is 6.92 Å². The van der Waals surface area contributed by atoms with Crippen molar-refractivity contribution >= 4 is 35.1 Å². The highest BCUT2D eigenvalue weighted by molar-refractivity contribution is 7.11. The van der Waals surface area contributed by atoms with Gasteiger partial charge in [-0.3, -0.25) is 4.79 Å². The maximum atomic E-state index is 11.7. The minimum absolute atomic E-state index is 0.164. The van der Waals surface area contributed by atoms with Crippen molar-refractivity contribution in [3.05, 3.63) is 50.9 Å². The van der Waals surface area contributed by atoms with Crippen LogP contribution < -0.4 is 5.43 Å². The van der Waals surface area contributed by atoms with Crippen LogP contribution in [0.15, 0.2) is 34.9 Å². The van der Waals surface area contributed by atoms with E-state index in [9.17, 15) is 4.79 Å². The van der Waals surface area contributed by atoms with Gasteiger partial charge in [-0.15, -0.1) is 11.3 Å². The Labute approximate surface area is 113 Å². The van der Waals surface area contributed by atoms with Gasteiger partial charge in [0.25, 0.3) is 5.91 Å². The van der Waals surface area contributed by atoms with Crippen LogP contribution in [-0.2, 0) is 0 Å². The number of thiophene rings is 1. The number of carbonyl (C=O) groups excluding carboxylic acids is 1. The van der Waals surface area contributed by atoms with Gasteiger partial charge in [0.05, 0.1) is 11.8 Å². The molecule has 18 heavy (non-hydrogen) atoms. The Balaban J connectivity index is 2.03. The van der Waals surface area contributed by atoms with Gasteiger partial charge in [0.1, 0.15) is 5.15 Å². The fraction of sp³-hybridized carbons (Fsp3) is 0.0833. The summed E-state index contributed by atoms with van der Waals surface area (Å²) in [4.78, 5) is 16.6. The molecular formula is C12H10ClN3OS. The van der Waals surface area contributed by atoms with E-state index in [0.29, 0.717) is 5.56 Å². The van der Waals surface area contributed by atoms with Gasteiger partial charge in [-0.1, -0.05) is 11.6 Å². The lowest BCUT2D eigenvalue weighted by Gasteiger charge is -2.00.